The number of aromatic nitrogens is 3. The van der Waals surface area contributed by atoms with Gasteiger partial charge in [-0.15, -0.1) is 5.10 Å². The molecular weight excluding hydrogens is 539 g/mol. The Bertz CT molecular complexity index is 1260. The normalized spacial score (nSPS) is 11.6. The number of rotatable bonds is 14. The maximum atomic E-state index is 13.0. The van der Waals surface area contributed by atoms with Crippen molar-refractivity contribution in [2.24, 2.45) is 0 Å². The number of halogens is 4. The SMILES string of the molecule is CCn1nc(OCCCCc2ccc(OC(C)C)cc2Oc2ncc(C(F)(F)F)cc2Cl)cc1CCC(=O)O. The first-order valence-electron chi connectivity index (χ1n) is 12.6. The van der Waals surface area contributed by atoms with Gasteiger partial charge in [-0.3, -0.25) is 9.48 Å². The third-order valence-electron chi connectivity index (χ3n) is 5.58. The summed E-state index contributed by atoms with van der Waals surface area (Å²) in [5.41, 5.74) is 0.640. The average Bonchev–Trinajstić information content (AvgIpc) is 3.26. The summed E-state index contributed by atoms with van der Waals surface area (Å²) in [6.07, 6.45) is -1.59. The highest BCUT2D eigenvalue weighted by molar-refractivity contribution is 6.31. The zero-order valence-electron chi connectivity index (χ0n) is 21.9. The lowest BCUT2D eigenvalue weighted by Crippen LogP contribution is -2.07. The van der Waals surface area contributed by atoms with Crippen LogP contribution in [0.4, 0.5) is 13.2 Å². The van der Waals surface area contributed by atoms with Gasteiger partial charge in [0, 0.05) is 30.6 Å². The molecule has 0 fully saturated rings. The van der Waals surface area contributed by atoms with Crippen LogP contribution < -0.4 is 14.2 Å². The Morgan fingerprint density at radius 1 is 1.15 bits per heavy atom. The number of benzene rings is 1. The molecule has 1 N–H and O–H groups in total. The van der Waals surface area contributed by atoms with Gasteiger partial charge < -0.3 is 19.3 Å². The molecule has 0 aliphatic rings. The number of hydrogen-bond donors (Lipinski definition) is 1. The van der Waals surface area contributed by atoms with Crippen molar-refractivity contribution in [3.8, 4) is 23.3 Å². The van der Waals surface area contributed by atoms with Crippen LogP contribution in [0.2, 0.25) is 5.02 Å². The Morgan fingerprint density at radius 2 is 1.92 bits per heavy atom. The number of ether oxygens (including phenoxy) is 3. The summed E-state index contributed by atoms with van der Waals surface area (Å²) in [6.45, 7) is 6.68. The topological polar surface area (TPSA) is 95.7 Å². The van der Waals surface area contributed by atoms with Crippen molar-refractivity contribution in [2.45, 2.75) is 71.7 Å². The van der Waals surface area contributed by atoms with Crippen LogP contribution in [0.5, 0.6) is 23.3 Å². The molecule has 39 heavy (non-hydrogen) atoms. The van der Waals surface area contributed by atoms with Crippen LogP contribution in [0.3, 0.4) is 0 Å². The predicted octanol–water partition coefficient (Wildman–Crippen LogP) is 6.97. The standard InChI is InChI=1S/C27H31ClF3N3O5/c1-4-34-20(9-11-25(35)36)14-24(33-34)37-12-6-5-7-18-8-10-21(38-17(2)3)15-23(18)39-26-22(28)13-19(16-32-26)27(29,30)31/h8,10,13-17H,4-7,9,11-12H2,1-3H3,(H,35,36). The van der Waals surface area contributed by atoms with Gasteiger partial charge in [0.25, 0.3) is 0 Å². The van der Waals surface area contributed by atoms with E-state index in [1.807, 2.05) is 26.8 Å². The number of nitrogens with zero attached hydrogens (tertiary/aromatic N) is 3. The molecule has 0 amide bonds. The molecule has 12 heteroatoms. The number of carboxylic acid groups (broad SMARTS) is 1. The van der Waals surface area contributed by atoms with Gasteiger partial charge in [-0.1, -0.05) is 17.7 Å². The Labute approximate surface area is 229 Å². The third-order valence-corrected chi connectivity index (χ3v) is 5.85. The fraction of sp³-hybridized carbons (Fsp3) is 0.444. The van der Waals surface area contributed by atoms with Gasteiger partial charge in [-0.2, -0.15) is 13.2 Å². The molecule has 0 bridgehead atoms. The second-order valence-electron chi connectivity index (χ2n) is 9.04. The largest absolute Gasteiger partial charge is 0.491 e. The number of aliphatic carboxylic acids is 1. The van der Waals surface area contributed by atoms with E-state index in [0.717, 1.165) is 23.7 Å². The quantitative estimate of drug-likeness (QED) is 0.209. The van der Waals surface area contributed by atoms with Crippen molar-refractivity contribution in [1.82, 2.24) is 14.8 Å². The predicted molar refractivity (Wildman–Crippen MR) is 139 cm³/mol. The Kier molecular flexibility index (Phi) is 10.4. The molecule has 0 saturated heterocycles. The van der Waals surface area contributed by atoms with E-state index in [9.17, 15) is 18.0 Å². The maximum absolute atomic E-state index is 13.0. The lowest BCUT2D eigenvalue weighted by atomic mass is 10.1. The van der Waals surface area contributed by atoms with Crippen molar-refractivity contribution in [3.63, 3.8) is 0 Å². The van der Waals surface area contributed by atoms with Crippen molar-refractivity contribution in [3.05, 3.63) is 58.4 Å². The summed E-state index contributed by atoms with van der Waals surface area (Å²) < 4.78 is 58.0. The van der Waals surface area contributed by atoms with E-state index < -0.39 is 17.7 Å². The molecule has 212 valence electrons. The van der Waals surface area contributed by atoms with Crippen molar-refractivity contribution in [2.75, 3.05) is 6.61 Å². The molecule has 3 aromatic rings. The van der Waals surface area contributed by atoms with E-state index in [4.69, 9.17) is 30.9 Å². The van der Waals surface area contributed by atoms with Gasteiger partial charge >= 0.3 is 12.1 Å². The first kappa shape index (κ1) is 30.1. The Hall–Kier alpha value is -3.47. The van der Waals surface area contributed by atoms with Gasteiger partial charge in [-0.25, -0.2) is 4.98 Å². The molecule has 0 saturated carbocycles. The van der Waals surface area contributed by atoms with Crippen molar-refractivity contribution in [1.29, 1.82) is 0 Å². The summed E-state index contributed by atoms with van der Waals surface area (Å²) in [4.78, 5) is 14.6. The lowest BCUT2D eigenvalue weighted by Gasteiger charge is -2.16. The molecule has 8 nitrogen and oxygen atoms in total. The van der Waals surface area contributed by atoms with Crippen LogP contribution in [0.25, 0.3) is 0 Å². The summed E-state index contributed by atoms with van der Waals surface area (Å²) in [6, 6.07) is 7.84. The third kappa shape index (κ3) is 9.05. The Morgan fingerprint density at radius 3 is 2.56 bits per heavy atom. The molecule has 1 aromatic carbocycles. The second kappa shape index (κ2) is 13.5. The highest BCUT2D eigenvalue weighted by atomic mass is 35.5. The molecule has 0 unspecified atom stereocenters. The minimum absolute atomic E-state index is 0.0176. The van der Waals surface area contributed by atoms with Crippen LogP contribution in [0.1, 0.15) is 56.9 Å². The number of aryl methyl sites for hydroxylation is 3. The van der Waals surface area contributed by atoms with Gasteiger partial charge in [0.1, 0.15) is 16.5 Å². The highest BCUT2D eigenvalue weighted by Crippen LogP contribution is 2.37. The molecule has 2 aromatic heterocycles. The number of hydrogen-bond acceptors (Lipinski definition) is 6. The number of alkyl halides is 3. The van der Waals surface area contributed by atoms with Crippen LogP contribution >= 0.6 is 11.6 Å². The van der Waals surface area contributed by atoms with E-state index in [1.165, 1.54) is 0 Å². The monoisotopic (exact) mass is 569 g/mol. The van der Waals surface area contributed by atoms with Gasteiger partial charge in [-0.05, 0) is 64.2 Å². The van der Waals surface area contributed by atoms with Crippen molar-refractivity contribution < 1.29 is 37.3 Å². The molecule has 3 rings (SSSR count). The van der Waals surface area contributed by atoms with Crippen LogP contribution in [0, 0.1) is 0 Å². The molecule has 0 spiro atoms. The van der Waals surface area contributed by atoms with Crippen LogP contribution in [0.15, 0.2) is 36.5 Å². The zero-order valence-corrected chi connectivity index (χ0v) is 22.7. The lowest BCUT2D eigenvalue weighted by molar-refractivity contribution is -0.138. The van der Waals surface area contributed by atoms with E-state index in [2.05, 4.69) is 10.1 Å². The first-order valence-corrected chi connectivity index (χ1v) is 13.0. The van der Waals surface area contributed by atoms with E-state index in [0.29, 0.717) is 56.0 Å². The smallest absolute Gasteiger partial charge is 0.417 e. The zero-order chi connectivity index (χ0) is 28.6. The molecule has 0 aliphatic carbocycles. The Balaban J connectivity index is 1.64. The maximum Gasteiger partial charge on any atom is 0.417 e. The minimum Gasteiger partial charge on any atom is -0.491 e. The molecule has 0 radical (unpaired) electrons. The summed E-state index contributed by atoms with van der Waals surface area (Å²) in [5.74, 6) is 0.360. The van der Waals surface area contributed by atoms with Gasteiger partial charge in [0.15, 0.2) is 0 Å². The first-order chi connectivity index (χ1) is 18.5. The van der Waals surface area contributed by atoms with E-state index >= 15 is 0 Å². The van der Waals surface area contributed by atoms with Crippen LogP contribution in [-0.4, -0.2) is 38.6 Å². The fourth-order valence-electron chi connectivity index (χ4n) is 3.75. The van der Waals surface area contributed by atoms with Gasteiger partial charge in [0.2, 0.25) is 11.8 Å². The average molecular weight is 570 g/mol. The summed E-state index contributed by atoms with van der Waals surface area (Å²) >= 11 is 6.05. The van der Waals surface area contributed by atoms with E-state index in [1.54, 1.807) is 22.9 Å². The summed E-state index contributed by atoms with van der Waals surface area (Å²) in [7, 11) is 0. The number of unbranched alkanes of at least 4 members (excludes halogenated alkanes) is 1. The second-order valence-corrected chi connectivity index (χ2v) is 9.44. The van der Waals surface area contributed by atoms with Crippen LogP contribution in [-0.2, 0) is 30.4 Å². The molecule has 0 atom stereocenters. The minimum atomic E-state index is -4.57. The number of carbonyl (C=O) groups is 1. The number of carboxylic acids is 1. The highest BCUT2D eigenvalue weighted by Gasteiger charge is 2.32. The molecule has 0 aliphatic heterocycles. The van der Waals surface area contributed by atoms with Crippen molar-refractivity contribution >= 4 is 17.6 Å². The molecule has 2 heterocycles. The van der Waals surface area contributed by atoms with Gasteiger partial charge in [0.05, 0.1) is 24.7 Å². The summed E-state index contributed by atoms with van der Waals surface area (Å²) in [5, 5.41) is 13.0. The number of pyridine rings is 1. The fourth-order valence-corrected chi connectivity index (χ4v) is 3.95. The molecular formula is C27H31ClF3N3O5. The van der Waals surface area contributed by atoms with E-state index in [-0.39, 0.29) is 23.4 Å².